The molecule has 7 heteroatoms. The number of nitrogens with one attached hydrogen (secondary N) is 2. The molecule has 2 aromatic carbocycles. The molecule has 1 atom stereocenters. The predicted octanol–water partition coefficient (Wildman–Crippen LogP) is 3.35. The minimum Gasteiger partial charge on any atom is -0.361 e. The molecule has 0 aliphatic rings. The van der Waals surface area contributed by atoms with Gasteiger partial charge in [-0.3, -0.25) is 0 Å². The fourth-order valence-corrected chi connectivity index (χ4v) is 3.75. The number of rotatable bonds is 6. The third kappa shape index (κ3) is 3.72. The van der Waals surface area contributed by atoms with Gasteiger partial charge in [-0.1, -0.05) is 48.0 Å². The Kier molecular flexibility index (Phi) is 5.15. The Morgan fingerprint density at radius 3 is 2.48 bits per heavy atom. The van der Waals surface area contributed by atoms with Gasteiger partial charge in [0.05, 0.1) is 0 Å². The molecule has 25 heavy (non-hydrogen) atoms. The van der Waals surface area contributed by atoms with Crippen LogP contribution in [0.4, 0.5) is 0 Å². The molecule has 0 unspecified atom stereocenters. The molecule has 1 heterocycles. The molecule has 0 amide bonds. The van der Waals surface area contributed by atoms with Crippen molar-refractivity contribution in [2.24, 2.45) is 0 Å². The van der Waals surface area contributed by atoms with Crippen molar-refractivity contribution in [1.29, 1.82) is 0 Å². The standard InChI is InChI=1S/C18H20ClN3O2S/c1-22(2)25(23,24)21-12-16(13-7-3-5-9-17(13)19)15-11-20-18-10-6-4-8-14(15)18/h3-11,16,20-21H,12H2,1-2H3/t16-/m0/s1. The quantitative estimate of drug-likeness (QED) is 0.691. The maximum Gasteiger partial charge on any atom is 0.278 e. The zero-order valence-corrected chi connectivity index (χ0v) is 15.6. The molecular formula is C18H20ClN3O2S. The zero-order chi connectivity index (χ0) is 18.0. The summed E-state index contributed by atoms with van der Waals surface area (Å²) >= 11 is 6.40. The van der Waals surface area contributed by atoms with Crippen molar-refractivity contribution in [3.63, 3.8) is 0 Å². The van der Waals surface area contributed by atoms with Crippen LogP contribution >= 0.6 is 11.6 Å². The first-order valence-electron chi connectivity index (χ1n) is 7.87. The maximum absolute atomic E-state index is 12.2. The minimum atomic E-state index is -3.53. The highest BCUT2D eigenvalue weighted by Gasteiger charge is 2.23. The Morgan fingerprint density at radius 2 is 1.76 bits per heavy atom. The van der Waals surface area contributed by atoms with E-state index in [0.29, 0.717) is 5.02 Å². The van der Waals surface area contributed by atoms with E-state index in [1.165, 1.54) is 14.1 Å². The molecule has 0 saturated carbocycles. The van der Waals surface area contributed by atoms with Crippen LogP contribution in [0.5, 0.6) is 0 Å². The van der Waals surface area contributed by atoms with Crippen LogP contribution < -0.4 is 4.72 Å². The number of para-hydroxylation sites is 1. The number of fused-ring (bicyclic) bond motifs is 1. The number of aromatic amines is 1. The molecule has 0 saturated heterocycles. The lowest BCUT2D eigenvalue weighted by molar-refractivity contribution is 0.503. The van der Waals surface area contributed by atoms with Gasteiger partial charge in [0.1, 0.15) is 0 Å². The summed E-state index contributed by atoms with van der Waals surface area (Å²) in [6.45, 7) is 0.214. The summed E-state index contributed by atoms with van der Waals surface area (Å²) in [4.78, 5) is 3.25. The van der Waals surface area contributed by atoms with Gasteiger partial charge in [0.2, 0.25) is 0 Å². The lowest BCUT2D eigenvalue weighted by atomic mass is 9.91. The third-order valence-electron chi connectivity index (χ3n) is 4.23. The number of nitrogens with zero attached hydrogens (tertiary/aromatic N) is 1. The monoisotopic (exact) mass is 377 g/mol. The first kappa shape index (κ1) is 17.9. The van der Waals surface area contributed by atoms with E-state index in [0.717, 1.165) is 26.3 Å². The van der Waals surface area contributed by atoms with Crippen molar-refractivity contribution < 1.29 is 8.42 Å². The molecular weight excluding hydrogens is 358 g/mol. The minimum absolute atomic E-state index is 0.209. The van der Waals surface area contributed by atoms with Crippen molar-refractivity contribution in [3.8, 4) is 0 Å². The highest BCUT2D eigenvalue weighted by Crippen LogP contribution is 2.34. The Hall–Kier alpha value is -1.86. The largest absolute Gasteiger partial charge is 0.361 e. The van der Waals surface area contributed by atoms with Gasteiger partial charge in [0.15, 0.2) is 0 Å². The molecule has 1 aromatic heterocycles. The van der Waals surface area contributed by atoms with Crippen LogP contribution in [0.1, 0.15) is 17.0 Å². The second kappa shape index (κ2) is 7.17. The fourth-order valence-electron chi connectivity index (χ4n) is 2.85. The lowest BCUT2D eigenvalue weighted by Gasteiger charge is -2.21. The number of hydrogen-bond donors (Lipinski definition) is 2. The Bertz CT molecular complexity index is 983. The average Bonchev–Trinajstić information content (AvgIpc) is 3.00. The fraction of sp³-hybridized carbons (Fsp3) is 0.222. The van der Waals surface area contributed by atoms with E-state index in [4.69, 9.17) is 11.6 Å². The highest BCUT2D eigenvalue weighted by atomic mass is 35.5. The van der Waals surface area contributed by atoms with Crippen molar-refractivity contribution in [1.82, 2.24) is 14.0 Å². The van der Waals surface area contributed by atoms with Crippen molar-refractivity contribution in [2.45, 2.75) is 5.92 Å². The average molecular weight is 378 g/mol. The summed E-state index contributed by atoms with van der Waals surface area (Å²) in [6, 6.07) is 15.5. The molecule has 3 rings (SSSR count). The zero-order valence-electron chi connectivity index (χ0n) is 14.0. The van der Waals surface area contributed by atoms with Gasteiger partial charge in [0, 0.05) is 48.7 Å². The molecule has 2 N–H and O–H groups in total. The Morgan fingerprint density at radius 1 is 1.08 bits per heavy atom. The molecule has 0 spiro atoms. The number of halogens is 1. The van der Waals surface area contributed by atoms with Crippen LogP contribution in [-0.4, -0.2) is 38.3 Å². The number of hydrogen-bond acceptors (Lipinski definition) is 2. The van der Waals surface area contributed by atoms with E-state index in [1.807, 2.05) is 54.7 Å². The summed E-state index contributed by atoms with van der Waals surface area (Å²) in [5.74, 6) is -0.209. The highest BCUT2D eigenvalue weighted by molar-refractivity contribution is 7.87. The summed E-state index contributed by atoms with van der Waals surface area (Å²) in [6.07, 6.45) is 1.92. The normalized spacial score (nSPS) is 13.4. The van der Waals surface area contributed by atoms with Gasteiger partial charge in [-0.15, -0.1) is 0 Å². The summed E-state index contributed by atoms with van der Waals surface area (Å²) in [7, 11) is -0.531. The molecule has 0 aliphatic carbocycles. The van der Waals surface area contributed by atoms with E-state index in [-0.39, 0.29) is 12.5 Å². The van der Waals surface area contributed by atoms with Crippen LogP contribution in [0.15, 0.2) is 54.7 Å². The van der Waals surface area contributed by atoms with Gasteiger partial charge in [-0.2, -0.15) is 12.7 Å². The molecule has 3 aromatic rings. The van der Waals surface area contributed by atoms with Gasteiger partial charge in [-0.05, 0) is 23.3 Å². The van der Waals surface area contributed by atoms with Crippen molar-refractivity contribution >= 4 is 32.7 Å². The van der Waals surface area contributed by atoms with E-state index in [2.05, 4.69) is 9.71 Å². The van der Waals surface area contributed by atoms with E-state index < -0.39 is 10.2 Å². The van der Waals surface area contributed by atoms with Crippen molar-refractivity contribution in [2.75, 3.05) is 20.6 Å². The van der Waals surface area contributed by atoms with Gasteiger partial charge >= 0.3 is 0 Å². The van der Waals surface area contributed by atoms with E-state index >= 15 is 0 Å². The second-order valence-electron chi connectivity index (χ2n) is 6.00. The summed E-state index contributed by atoms with van der Waals surface area (Å²) in [5.41, 5.74) is 2.89. The molecule has 132 valence electrons. The Balaban J connectivity index is 2.05. The molecule has 0 radical (unpaired) electrons. The smallest absolute Gasteiger partial charge is 0.278 e. The first-order chi connectivity index (χ1) is 11.9. The molecule has 5 nitrogen and oxygen atoms in total. The van der Waals surface area contributed by atoms with E-state index in [1.54, 1.807) is 0 Å². The molecule has 0 bridgehead atoms. The summed E-state index contributed by atoms with van der Waals surface area (Å²) < 4.78 is 28.1. The molecule has 0 fully saturated rings. The van der Waals surface area contributed by atoms with Crippen LogP contribution in [0.2, 0.25) is 5.02 Å². The van der Waals surface area contributed by atoms with Gasteiger partial charge in [0.25, 0.3) is 10.2 Å². The van der Waals surface area contributed by atoms with Gasteiger partial charge in [-0.25, -0.2) is 4.72 Å². The number of aromatic nitrogens is 1. The van der Waals surface area contributed by atoms with Crippen LogP contribution in [0.25, 0.3) is 10.9 Å². The topological polar surface area (TPSA) is 65.2 Å². The van der Waals surface area contributed by atoms with Gasteiger partial charge < -0.3 is 4.98 Å². The number of H-pyrrole nitrogens is 1. The SMILES string of the molecule is CN(C)S(=O)(=O)NC[C@@H](c1ccccc1Cl)c1c[nH]c2ccccc12. The van der Waals surface area contributed by atoms with Crippen LogP contribution in [-0.2, 0) is 10.2 Å². The summed E-state index contributed by atoms with van der Waals surface area (Å²) in [5, 5.41) is 1.67. The molecule has 0 aliphatic heterocycles. The van der Waals surface area contributed by atoms with Crippen LogP contribution in [0.3, 0.4) is 0 Å². The first-order valence-corrected chi connectivity index (χ1v) is 9.69. The maximum atomic E-state index is 12.2. The van der Waals surface area contributed by atoms with Crippen molar-refractivity contribution in [3.05, 3.63) is 70.9 Å². The third-order valence-corrected chi connectivity index (χ3v) is 6.06. The predicted molar refractivity (Wildman–Crippen MR) is 102 cm³/mol. The Labute approximate surface area is 152 Å². The number of benzene rings is 2. The lowest BCUT2D eigenvalue weighted by Crippen LogP contribution is -2.38. The second-order valence-corrected chi connectivity index (χ2v) is 8.38. The van der Waals surface area contributed by atoms with Crippen LogP contribution in [0, 0.1) is 0 Å². The van der Waals surface area contributed by atoms with E-state index in [9.17, 15) is 8.42 Å².